The minimum atomic E-state index is -0.439. The predicted octanol–water partition coefficient (Wildman–Crippen LogP) is 1.74. The molecular weight excluding hydrogens is 322 g/mol. The van der Waals surface area contributed by atoms with Gasteiger partial charge in [-0.25, -0.2) is 14.3 Å². The van der Waals surface area contributed by atoms with Crippen molar-refractivity contribution in [3.8, 4) is 5.75 Å². The van der Waals surface area contributed by atoms with Crippen LogP contribution in [0, 0.1) is 0 Å². The summed E-state index contributed by atoms with van der Waals surface area (Å²) >= 11 is 0. The molecule has 0 saturated heterocycles. The molecule has 0 atom stereocenters. The Morgan fingerprint density at radius 2 is 2.04 bits per heavy atom. The second kappa shape index (κ2) is 6.04. The minimum absolute atomic E-state index is 0.308. The Balaban J connectivity index is 1.96. The van der Waals surface area contributed by atoms with E-state index in [1.54, 1.807) is 28.9 Å². The Hall–Kier alpha value is -3.16. The topological polar surface area (TPSA) is 91.0 Å². The number of methoxy groups -OCH3 is 1. The van der Waals surface area contributed by atoms with Gasteiger partial charge in [0.05, 0.1) is 18.8 Å². The van der Waals surface area contributed by atoms with Gasteiger partial charge >= 0.3 is 0 Å². The van der Waals surface area contributed by atoms with Crippen molar-refractivity contribution in [2.24, 2.45) is 0 Å². The van der Waals surface area contributed by atoms with Crippen molar-refractivity contribution in [3.63, 3.8) is 0 Å². The quantitative estimate of drug-likeness (QED) is 0.783. The maximum Gasteiger partial charge on any atom is 0.283 e. The highest BCUT2D eigenvalue weighted by atomic mass is 16.5. The lowest BCUT2D eigenvalue weighted by atomic mass is 10.1. The molecule has 25 heavy (non-hydrogen) atoms. The minimum Gasteiger partial charge on any atom is -0.497 e. The van der Waals surface area contributed by atoms with Gasteiger partial charge in [0.2, 0.25) is 0 Å². The summed E-state index contributed by atoms with van der Waals surface area (Å²) in [4.78, 5) is 29.2. The van der Waals surface area contributed by atoms with E-state index in [0.717, 1.165) is 4.68 Å². The second-order valence-electron chi connectivity index (χ2n) is 6.56. The number of aromatic nitrogens is 4. The third kappa shape index (κ3) is 3.10. The maximum atomic E-state index is 12.6. The fourth-order valence-corrected chi connectivity index (χ4v) is 2.42. The predicted molar refractivity (Wildman–Crippen MR) is 93.5 cm³/mol. The van der Waals surface area contributed by atoms with Crippen LogP contribution in [0.3, 0.4) is 0 Å². The lowest BCUT2D eigenvalue weighted by Gasteiger charge is -2.19. The van der Waals surface area contributed by atoms with Crippen LogP contribution in [-0.4, -0.2) is 32.5 Å². The van der Waals surface area contributed by atoms with Gasteiger partial charge in [-0.05, 0) is 39.0 Å². The van der Waals surface area contributed by atoms with Crippen LogP contribution in [0.2, 0.25) is 0 Å². The molecule has 0 unspecified atom stereocenters. The molecule has 0 radical (unpaired) electrons. The van der Waals surface area contributed by atoms with Crippen molar-refractivity contribution >= 4 is 16.9 Å². The van der Waals surface area contributed by atoms with Crippen LogP contribution in [0.15, 0.2) is 41.6 Å². The average Bonchev–Trinajstić information content (AvgIpc) is 3.02. The summed E-state index contributed by atoms with van der Waals surface area (Å²) in [5, 5.41) is 4.58. The second-order valence-corrected chi connectivity index (χ2v) is 6.56. The Morgan fingerprint density at radius 3 is 2.72 bits per heavy atom. The van der Waals surface area contributed by atoms with Crippen LogP contribution in [0.4, 0.5) is 0 Å². The summed E-state index contributed by atoms with van der Waals surface area (Å²) in [6.45, 7) is 5.91. The van der Waals surface area contributed by atoms with Crippen molar-refractivity contribution in [1.82, 2.24) is 19.4 Å². The number of carbonyl (C=O) groups excluding carboxylic acids is 1. The van der Waals surface area contributed by atoms with Crippen molar-refractivity contribution in [3.05, 3.63) is 52.7 Å². The molecule has 2 aromatic heterocycles. The molecule has 0 aliphatic rings. The van der Waals surface area contributed by atoms with Crippen LogP contribution in [0.25, 0.3) is 11.0 Å². The molecule has 3 rings (SSSR count). The van der Waals surface area contributed by atoms with E-state index in [1.165, 1.54) is 19.6 Å². The number of benzene rings is 1. The summed E-state index contributed by atoms with van der Waals surface area (Å²) in [5.74, 6) is 0.116. The van der Waals surface area contributed by atoms with E-state index in [2.05, 4.69) is 15.5 Å². The Kier molecular flexibility index (Phi) is 4.03. The SMILES string of the molecule is COc1cccc(C(=O)Nn2cnc3c(cnn3C(C)(C)C)c2=O)c1. The number of nitrogens with one attached hydrogen (secondary N) is 1. The summed E-state index contributed by atoms with van der Waals surface area (Å²) in [7, 11) is 1.52. The third-order valence-corrected chi connectivity index (χ3v) is 3.68. The number of ether oxygens (including phenoxy) is 1. The fraction of sp³-hybridized carbons (Fsp3) is 0.294. The number of amides is 1. The van der Waals surface area contributed by atoms with Gasteiger partial charge in [-0.15, -0.1) is 0 Å². The molecule has 130 valence electrons. The lowest BCUT2D eigenvalue weighted by molar-refractivity contribution is 0.101. The third-order valence-electron chi connectivity index (χ3n) is 3.68. The van der Waals surface area contributed by atoms with Crippen LogP contribution in [-0.2, 0) is 5.54 Å². The molecule has 0 spiro atoms. The standard InChI is InChI=1S/C17H19N5O3/c1-17(2,3)22-14-13(9-19-22)16(24)21(10-18-14)20-15(23)11-6-5-7-12(8-11)25-4/h5-10H,1-4H3,(H,20,23). The summed E-state index contributed by atoms with van der Waals surface area (Å²) < 4.78 is 7.83. The Labute approximate surface area is 144 Å². The van der Waals surface area contributed by atoms with Crippen molar-refractivity contribution < 1.29 is 9.53 Å². The molecule has 0 aliphatic heterocycles. The molecule has 0 fully saturated rings. The highest BCUT2D eigenvalue weighted by Gasteiger charge is 2.20. The van der Waals surface area contributed by atoms with E-state index in [1.807, 2.05) is 20.8 Å². The smallest absolute Gasteiger partial charge is 0.283 e. The highest BCUT2D eigenvalue weighted by molar-refractivity contribution is 6.00. The molecule has 0 saturated carbocycles. The summed E-state index contributed by atoms with van der Waals surface area (Å²) in [5.41, 5.74) is 2.68. The lowest BCUT2D eigenvalue weighted by Crippen LogP contribution is -2.33. The van der Waals surface area contributed by atoms with Gasteiger partial charge in [-0.3, -0.25) is 15.0 Å². The molecule has 0 bridgehead atoms. The first-order valence-electron chi connectivity index (χ1n) is 7.72. The van der Waals surface area contributed by atoms with Crippen LogP contribution in [0.5, 0.6) is 5.75 Å². The molecule has 1 amide bonds. The van der Waals surface area contributed by atoms with Gasteiger partial charge in [0.1, 0.15) is 17.5 Å². The molecule has 8 heteroatoms. The number of hydrogen-bond acceptors (Lipinski definition) is 5. The van der Waals surface area contributed by atoms with Crippen molar-refractivity contribution in [1.29, 1.82) is 0 Å². The molecule has 3 aromatic rings. The van der Waals surface area contributed by atoms with Crippen molar-refractivity contribution in [2.75, 3.05) is 12.5 Å². The molecule has 2 heterocycles. The fourth-order valence-electron chi connectivity index (χ4n) is 2.42. The zero-order valence-electron chi connectivity index (χ0n) is 14.5. The van der Waals surface area contributed by atoms with E-state index in [4.69, 9.17) is 4.74 Å². The van der Waals surface area contributed by atoms with Gasteiger partial charge in [0, 0.05) is 5.56 Å². The number of hydrogen-bond donors (Lipinski definition) is 1. The van der Waals surface area contributed by atoms with Crippen LogP contribution < -0.4 is 15.7 Å². The first-order chi connectivity index (χ1) is 11.8. The van der Waals surface area contributed by atoms with Gasteiger partial charge in [0.25, 0.3) is 11.5 Å². The number of nitrogens with zero attached hydrogens (tertiary/aromatic N) is 4. The summed E-state index contributed by atoms with van der Waals surface area (Å²) in [6.07, 6.45) is 2.75. The normalized spacial score (nSPS) is 11.5. The monoisotopic (exact) mass is 341 g/mol. The largest absolute Gasteiger partial charge is 0.497 e. The van der Waals surface area contributed by atoms with E-state index in [9.17, 15) is 9.59 Å². The van der Waals surface area contributed by atoms with E-state index in [-0.39, 0.29) is 5.54 Å². The van der Waals surface area contributed by atoms with E-state index in [0.29, 0.717) is 22.3 Å². The molecule has 8 nitrogen and oxygen atoms in total. The van der Waals surface area contributed by atoms with Gasteiger partial charge in [-0.2, -0.15) is 5.10 Å². The number of fused-ring (bicyclic) bond motifs is 1. The maximum absolute atomic E-state index is 12.6. The molecule has 1 N–H and O–H groups in total. The van der Waals surface area contributed by atoms with E-state index < -0.39 is 11.5 Å². The zero-order valence-corrected chi connectivity index (χ0v) is 14.5. The Morgan fingerprint density at radius 1 is 1.28 bits per heavy atom. The first-order valence-corrected chi connectivity index (χ1v) is 7.72. The average molecular weight is 341 g/mol. The Bertz CT molecular complexity index is 997. The van der Waals surface area contributed by atoms with Crippen molar-refractivity contribution in [2.45, 2.75) is 26.3 Å². The van der Waals surface area contributed by atoms with Gasteiger partial charge in [-0.1, -0.05) is 6.07 Å². The summed E-state index contributed by atoms with van der Waals surface area (Å²) in [6, 6.07) is 6.65. The highest BCUT2D eigenvalue weighted by Crippen LogP contribution is 2.17. The number of carbonyl (C=O) groups is 1. The van der Waals surface area contributed by atoms with Gasteiger partial charge in [0.15, 0.2) is 5.65 Å². The van der Waals surface area contributed by atoms with E-state index >= 15 is 0 Å². The molecular formula is C17H19N5O3. The van der Waals surface area contributed by atoms with Gasteiger partial charge < -0.3 is 4.74 Å². The number of rotatable bonds is 3. The first kappa shape index (κ1) is 16.7. The molecule has 0 aliphatic carbocycles. The zero-order chi connectivity index (χ0) is 18.2. The van der Waals surface area contributed by atoms with Crippen LogP contribution >= 0.6 is 0 Å². The van der Waals surface area contributed by atoms with Crippen LogP contribution in [0.1, 0.15) is 31.1 Å². The molecule has 1 aromatic carbocycles.